The van der Waals surface area contributed by atoms with Crippen LogP contribution in [-0.4, -0.2) is 16.0 Å². The first-order valence-corrected chi connectivity index (χ1v) is 6.89. The summed E-state index contributed by atoms with van der Waals surface area (Å²) in [5.41, 5.74) is 1.47. The summed E-state index contributed by atoms with van der Waals surface area (Å²) in [5.74, 6) is -0.323. The van der Waals surface area contributed by atoms with Crippen molar-refractivity contribution < 1.29 is 4.79 Å². The van der Waals surface area contributed by atoms with Gasteiger partial charge in [0.2, 0.25) is 5.91 Å². The second-order valence-electron chi connectivity index (χ2n) is 4.03. The molecule has 0 radical (unpaired) electrons. The van der Waals surface area contributed by atoms with Crippen LogP contribution in [0.3, 0.4) is 0 Å². The van der Waals surface area contributed by atoms with Gasteiger partial charge in [-0.05, 0) is 36.0 Å². The van der Waals surface area contributed by atoms with Crippen molar-refractivity contribution in [1.82, 2.24) is 10.3 Å². The van der Waals surface area contributed by atoms with Crippen molar-refractivity contribution in [3.63, 3.8) is 0 Å². The van der Waals surface area contributed by atoms with Gasteiger partial charge in [0.1, 0.15) is 0 Å². The highest BCUT2D eigenvalue weighted by Gasteiger charge is 2.04. The standard InChI is InChI=1S/C15H12ClN3OS/c16-14-12(7-4-10-17-14)18-15(21)19-13(20)9-8-11-5-2-1-3-6-11/h1-10H,(H2,18,19,20,21)/b9-8+. The molecule has 1 heterocycles. The molecule has 0 spiro atoms. The van der Waals surface area contributed by atoms with Crippen LogP contribution in [0.2, 0.25) is 5.15 Å². The van der Waals surface area contributed by atoms with Crippen LogP contribution in [0, 0.1) is 0 Å². The normalized spacial score (nSPS) is 10.3. The Kier molecular flexibility index (Phi) is 5.43. The number of benzene rings is 1. The van der Waals surface area contributed by atoms with E-state index in [1.54, 1.807) is 24.4 Å². The predicted octanol–water partition coefficient (Wildman–Crippen LogP) is 3.26. The van der Waals surface area contributed by atoms with Gasteiger partial charge in [0.15, 0.2) is 10.3 Å². The van der Waals surface area contributed by atoms with E-state index in [-0.39, 0.29) is 16.2 Å². The topological polar surface area (TPSA) is 54.0 Å². The molecule has 106 valence electrons. The summed E-state index contributed by atoms with van der Waals surface area (Å²) in [6, 6.07) is 12.9. The highest BCUT2D eigenvalue weighted by atomic mass is 35.5. The first-order valence-electron chi connectivity index (χ1n) is 6.11. The Morgan fingerprint density at radius 2 is 1.95 bits per heavy atom. The largest absolute Gasteiger partial charge is 0.330 e. The molecule has 1 aromatic carbocycles. The Hall–Kier alpha value is -2.24. The number of carbonyl (C=O) groups is 1. The Morgan fingerprint density at radius 3 is 2.67 bits per heavy atom. The number of nitrogens with one attached hydrogen (secondary N) is 2. The summed E-state index contributed by atoms with van der Waals surface area (Å²) in [5, 5.41) is 5.79. The Labute approximate surface area is 132 Å². The van der Waals surface area contributed by atoms with E-state index in [1.807, 2.05) is 30.3 Å². The van der Waals surface area contributed by atoms with Crippen molar-refractivity contribution in [3.8, 4) is 0 Å². The van der Waals surface area contributed by atoms with Crippen LogP contribution in [-0.2, 0) is 4.79 Å². The molecule has 0 unspecified atom stereocenters. The Morgan fingerprint density at radius 1 is 1.19 bits per heavy atom. The summed E-state index contributed by atoms with van der Waals surface area (Å²) in [6.45, 7) is 0. The number of aromatic nitrogens is 1. The molecule has 21 heavy (non-hydrogen) atoms. The average molecular weight is 318 g/mol. The van der Waals surface area contributed by atoms with Crippen LogP contribution < -0.4 is 10.6 Å². The summed E-state index contributed by atoms with van der Waals surface area (Å²) in [4.78, 5) is 15.6. The second-order valence-corrected chi connectivity index (χ2v) is 4.80. The molecule has 0 aliphatic rings. The maximum Gasteiger partial charge on any atom is 0.250 e. The van der Waals surface area contributed by atoms with Crippen molar-refractivity contribution in [2.24, 2.45) is 0 Å². The van der Waals surface area contributed by atoms with Gasteiger partial charge in [-0.3, -0.25) is 10.1 Å². The SMILES string of the molecule is O=C(/C=C/c1ccccc1)NC(=S)Nc1cccnc1Cl. The van der Waals surface area contributed by atoms with Gasteiger partial charge in [0.05, 0.1) is 5.69 Å². The minimum Gasteiger partial charge on any atom is -0.330 e. The third-order valence-electron chi connectivity index (χ3n) is 2.47. The molecule has 0 saturated heterocycles. The lowest BCUT2D eigenvalue weighted by atomic mass is 10.2. The molecule has 1 amide bonds. The molecule has 0 aliphatic heterocycles. The zero-order chi connectivity index (χ0) is 15.1. The lowest BCUT2D eigenvalue weighted by Gasteiger charge is -2.08. The summed E-state index contributed by atoms with van der Waals surface area (Å²) in [6.07, 6.45) is 4.68. The number of rotatable bonds is 3. The van der Waals surface area contributed by atoms with E-state index in [4.69, 9.17) is 23.8 Å². The zero-order valence-electron chi connectivity index (χ0n) is 10.9. The molecule has 2 rings (SSSR count). The molecule has 2 N–H and O–H groups in total. The Bertz CT molecular complexity index is 674. The van der Waals surface area contributed by atoms with Gasteiger partial charge in [-0.1, -0.05) is 41.9 Å². The fraction of sp³-hybridized carbons (Fsp3) is 0. The third-order valence-corrected chi connectivity index (χ3v) is 2.98. The molecule has 0 fully saturated rings. The van der Waals surface area contributed by atoms with Gasteiger partial charge in [-0.15, -0.1) is 0 Å². The maximum atomic E-state index is 11.7. The fourth-order valence-electron chi connectivity index (χ4n) is 1.52. The number of anilines is 1. The lowest BCUT2D eigenvalue weighted by molar-refractivity contribution is -0.115. The van der Waals surface area contributed by atoms with Gasteiger partial charge in [-0.25, -0.2) is 4.98 Å². The predicted molar refractivity (Wildman–Crippen MR) is 89.1 cm³/mol. The molecule has 4 nitrogen and oxygen atoms in total. The van der Waals surface area contributed by atoms with Crippen LogP contribution in [0.5, 0.6) is 0 Å². The van der Waals surface area contributed by atoms with Gasteiger partial charge in [0.25, 0.3) is 0 Å². The van der Waals surface area contributed by atoms with E-state index in [1.165, 1.54) is 6.08 Å². The molecule has 0 bridgehead atoms. The van der Waals surface area contributed by atoms with E-state index in [0.29, 0.717) is 5.69 Å². The molecule has 0 saturated carbocycles. The van der Waals surface area contributed by atoms with E-state index < -0.39 is 0 Å². The number of halogens is 1. The lowest BCUT2D eigenvalue weighted by Crippen LogP contribution is -2.32. The summed E-state index contributed by atoms with van der Waals surface area (Å²) < 4.78 is 0. The average Bonchev–Trinajstić information content (AvgIpc) is 2.48. The van der Waals surface area contributed by atoms with Crippen LogP contribution in [0.15, 0.2) is 54.7 Å². The minimum atomic E-state index is -0.323. The molecule has 6 heteroatoms. The third kappa shape index (κ3) is 4.98. The number of pyridine rings is 1. The van der Waals surface area contributed by atoms with E-state index in [9.17, 15) is 4.79 Å². The van der Waals surface area contributed by atoms with E-state index >= 15 is 0 Å². The smallest absolute Gasteiger partial charge is 0.250 e. The number of hydrogen-bond donors (Lipinski definition) is 2. The van der Waals surface area contributed by atoms with E-state index in [2.05, 4.69) is 15.6 Å². The zero-order valence-corrected chi connectivity index (χ0v) is 12.5. The first kappa shape index (κ1) is 15.2. The highest BCUT2D eigenvalue weighted by molar-refractivity contribution is 7.80. The molecule has 2 aromatic rings. The van der Waals surface area contributed by atoms with Crippen molar-refractivity contribution in [1.29, 1.82) is 0 Å². The minimum absolute atomic E-state index is 0.160. The van der Waals surface area contributed by atoms with E-state index in [0.717, 1.165) is 5.56 Å². The highest BCUT2D eigenvalue weighted by Crippen LogP contribution is 2.16. The van der Waals surface area contributed by atoms with Gasteiger partial charge < -0.3 is 5.32 Å². The molecular formula is C15H12ClN3OS. The first-order chi connectivity index (χ1) is 10.1. The quantitative estimate of drug-likeness (QED) is 0.518. The Balaban J connectivity index is 1.90. The molecule has 0 aliphatic carbocycles. The van der Waals surface area contributed by atoms with Crippen molar-refractivity contribution in [3.05, 3.63) is 65.5 Å². The summed E-state index contributed by atoms with van der Waals surface area (Å²) in [7, 11) is 0. The molecular weight excluding hydrogens is 306 g/mol. The van der Waals surface area contributed by atoms with Gasteiger partial charge >= 0.3 is 0 Å². The van der Waals surface area contributed by atoms with Crippen LogP contribution in [0.4, 0.5) is 5.69 Å². The number of thiocarbonyl (C=S) groups is 1. The number of hydrogen-bond acceptors (Lipinski definition) is 3. The van der Waals surface area contributed by atoms with Gasteiger partial charge in [0, 0.05) is 12.3 Å². The van der Waals surface area contributed by atoms with Crippen molar-refractivity contribution in [2.45, 2.75) is 0 Å². The van der Waals surface area contributed by atoms with Gasteiger partial charge in [-0.2, -0.15) is 0 Å². The fourth-order valence-corrected chi connectivity index (χ4v) is 1.90. The maximum absolute atomic E-state index is 11.7. The molecule has 0 atom stereocenters. The monoisotopic (exact) mass is 317 g/mol. The number of amides is 1. The van der Waals surface area contributed by atoms with Crippen LogP contribution >= 0.6 is 23.8 Å². The number of carbonyl (C=O) groups excluding carboxylic acids is 1. The van der Waals surface area contributed by atoms with Crippen molar-refractivity contribution >= 4 is 46.6 Å². The molecule has 1 aromatic heterocycles. The van der Waals surface area contributed by atoms with Crippen LogP contribution in [0.25, 0.3) is 6.08 Å². The van der Waals surface area contributed by atoms with Crippen molar-refractivity contribution in [2.75, 3.05) is 5.32 Å². The summed E-state index contributed by atoms with van der Waals surface area (Å²) >= 11 is 10.9. The van der Waals surface area contributed by atoms with Crippen LogP contribution in [0.1, 0.15) is 5.56 Å². The second kappa shape index (κ2) is 7.52. The number of nitrogens with zero attached hydrogens (tertiary/aromatic N) is 1.